The molecule has 0 radical (unpaired) electrons. The summed E-state index contributed by atoms with van der Waals surface area (Å²) in [5, 5.41) is 16.7. The Labute approximate surface area is 206 Å². The number of carbonyl (C=O) groups is 1. The summed E-state index contributed by atoms with van der Waals surface area (Å²) in [5.74, 6) is 1.25. The molecule has 4 rings (SSSR count). The molecule has 0 aromatic carbocycles. The smallest absolute Gasteiger partial charge is 0.318 e. The summed E-state index contributed by atoms with van der Waals surface area (Å²) in [6.45, 7) is 15.2. The van der Waals surface area contributed by atoms with Gasteiger partial charge in [-0.2, -0.15) is 10.1 Å². The van der Waals surface area contributed by atoms with Gasteiger partial charge in [-0.25, -0.2) is 14.2 Å². The zero-order valence-electron chi connectivity index (χ0n) is 21.8. The number of urea groups is 1. The number of H-pyrrole nitrogens is 1. The Kier molecular flexibility index (Phi) is 6.65. The molecular formula is C24H38FN9O. The lowest BCUT2D eigenvalue weighted by atomic mass is 9.95. The molecule has 2 aliphatic rings. The maximum Gasteiger partial charge on any atom is 0.318 e. The minimum absolute atomic E-state index is 0.0348. The summed E-state index contributed by atoms with van der Waals surface area (Å²) in [6, 6.07) is -0.131. The molecule has 2 aromatic rings. The van der Waals surface area contributed by atoms with E-state index in [9.17, 15) is 9.18 Å². The molecule has 192 valence electrons. The number of hydrogen-bond donors (Lipinski definition) is 4. The Morgan fingerprint density at radius 3 is 2.71 bits per heavy atom. The Morgan fingerprint density at radius 2 is 2.06 bits per heavy atom. The minimum Gasteiger partial charge on any atom is -0.354 e. The van der Waals surface area contributed by atoms with Gasteiger partial charge in [-0.05, 0) is 46.1 Å². The highest BCUT2D eigenvalue weighted by molar-refractivity contribution is 5.77. The van der Waals surface area contributed by atoms with Crippen LogP contribution in [0, 0.1) is 17.7 Å². The number of carbonyl (C=O) groups excluding carboxylic acids is 1. The van der Waals surface area contributed by atoms with Gasteiger partial charge in [0.15, 0.2) is 17.5 Å². The Hall–Kier alpha value is -2.95. The topological polar surface area (TPSA) is 114 Å². The number of nitrogens with one attached hydrogen (secondary N) is 4. The fraction of sp³-hybridized carbons (Fsp3) is 0.667. The fourth-order valence-electron chi connectivity index (χ4n) is 5.12. The summed E-state index contributed by atoms with van der Waals surface area (Å²) in [7, 11) is 2.11. The van der Waals surface area contributed by atoms with Crippen molar-refractivity contribution in [2.24, 2.45) is 11.8 Å². The number of anilines is 3. The molecule has 11 heteroatoms. The number of aromatic nitrogens is 4. The van der Waals surface area contributed by atoms with Crippen LogP contribution in [0.1, 0.15) is 59.2 Å². The van der Waals surface area contributed by atoms with Crippen molar-refractivity contribution in [3.05, 3.63) is 23.3 Å². The molecule has 0 spiro atoms. The van der Waals surface area contributed by atoms with Gasteiger partial charge in [0.2, 0.25) is 5.95 Å². The van der Waals surface area contributed by atoms with Crippen LogP contribution in [-0.4, -0.2) is 68.2 Å². The summed E-state index contributed by atoms with van der Waals surface area (Å²) in [4.78, 5) is 25.6. The standard InChI is InChI=1S/C24H38FN9O/c1-14(2)9-26-21-27-10-17(25)20(30-21)29-19-16-12-34(23(4,5)18(16)31-32-19)22(35)28-13-24(6)8-15(3)11-33(24)7/h10,14-15H,8-9,11-13H2,1-7H3,(H,28,35)(H3,26,27,29,30,31,32)/t15-,24?/m1/s1. The van der Waals surface area contributed by atoms with Crippen molar-refractivity contribution in [3.8, 4) is 0 Å². The predicted octanol–water partition coefficient (Wildman–Crippen LogP) is 3.64. The number of amides is 2. The summed E-state index contributed by atoms with van der Waals surface area (Å²) in [5.41, 5.74) is 0.974. The van der Waals surface area contributed by atoms with Crippen molar-refractivity contribution in [2.45, 2.75) is 65.6 Å². The molecule has 1 unspecified atom stereocenters. The van der Waals surface area contributed by atoms with Crippen LogP contribution in [0.25, 0.3) is 0 Å². The first-order valence-corrected chi connectivity index (χ1v) is 12.3. The summed E-state index contributed by atoms with van der Waals surface area (Å²) in [6.07, 6.45) is 2.18. The van der Waals surface area contributed by atoms with E-state index < -0.39 is 11.4 Å². The average Bonchev–Trinajstić information content (AvgIpc) is 3.38. The molecule has 4 N–H and O–H groups in total. The van der Waals surface area contributed by atoms with Gasteiger partial charge in [0, 0.05) is 30.7 Å². The van der Waals surface area contributed by atoms with E-state index in [1.807, 2.05) is 13.8 Å². The van der Waals surface area contributed by atoms with Gasteiger partial charge >= 0.3 is 6.03 Å². The van der Waals surface area contributed by atoms with E-state index >= 15 is 0 Å². The number of likely N-dealkylation sites (tertiary alicyclic amines) is 1. The largest absolute Gasteiger partial charge is 0.354 e. The Bertz CT molecular complexity index is 1080. The quantitative estimate of drug-likeness (QED) is 0.471. The predicted molar refractivity (Wildman–Crippen MR) is 134 cm³/mol. The van der Waals surface area contributed by atoms with Crippen molar-refractivity contribution in [3.63, 3.8) is 0 Å². The van der Waals surface area contributed by atoms with Gasteiger partial charge in [-0.1, -0.05) is 20.8 Å². The number of halogens is 1. The van der Waals surface area contributed by atoms with Gasteiger partial charge in [0.05, 0.1) is 24.0 Å². The van der Waals surface area contributed by atoms with Crippen molar-refractivity contribution < 1.29 is 9.18 Å². The second kappa shape index (κ2) is 9.25. The van der Waals surface area contributed by atoms with Crippen LogP contribution >= 0.6 is 0 Å². The number of likely N-dealkylation sites (N-methyl/N-ethyl adjacent to an activating group) is 1. The number of fused-ring (bicyclic) bond motifs is 1. The van der Waals surface area contributed by atoms with Crippen LogP contribution in [0.4, 0.5) is 26.8 Å². The minimum atomic E-state index is -0.601. The van der Waals surface area contributed by atoms with Crippen molar-refractivity contribution >= 4 is 23.6 Å². The number of hydrogen-bond acceptors (Lipinski definition) is 7. The molecule has 10 nitrogen and oxygen atoms in total. The van der Waals surface area contributed by atoms with Gasteiger partial charge in [0.1, 0.15) is 0 Å². The van der Waals surface area contributed by atoms with E-state index in [1.54, 1.807) is 4.90 Å². The van der Waals surface area contributed by atoms with E-state index in [1.165, 1.54) is 0 Å². The highest BCUT2D eigenvalue weighted by Crippen LogP contribution is 2.41. The zero-order chi connectivity index (χ0) is 25.5. The van der Waals surface area contributed by atoms with E-state index in [-0.39, 0.29) is 17.4 Å². The van der Waals surface area contributed by atoms with Crippen LogP contribution in [0.5, 0.6) is 0 Å². The number of aromatic amines is 1. The van der Waals surface area contributed by atoms with E-state index in [2.05, 4.69) is 75.8 Å². The van der Waals surface area contributed by atoms with Gasteiger partial charge < -0.3 is 20.9 Å². The zero-order valence-corrected chi connectivity index (χ0v) is 21.8. The van der Waals surface area contributed by atoms with Gasteiger partial charge in [0.25, 0.3) is 0 Å². The molecule has 0 aliphatic carbocycles. The van der Waals surface area contributed by atoms with Crippen LogP contribution in [-0.2, 0) is 12.1 Å². The lowest BCUT2D eigenvalue weighted by Gasteiger charge is -2.36. The molecular weight excluding hydrogens is 449 g/mol. The van der Waals surface area contributed by atoms with Gasteiger partial charge in [-0.3, -0.25) is 10.00 Å². The molecule has 2 aliphatic heterocycles. The Morgan fingerprint density at radius 1 is 1.31 bits per heavy atom. The lowest BCUT2D eigenvalue weighted by Crippen LogP contribution is -2.53. The number of rotatable bonds is 7. The maximum absolute atomic E-state index is 14.5. The highest BCUT2D eigenvalue weighted by Gasteiger charge is 2.45. The Balaban J connectivity index is 1.47. The SMILES string of the molecule is CC(C)CNc1ncc(F)c(Nc2n[nH]c3c2CN(C(=O)NCC2(C)C[C@@H](C)CN2C)C3(C)C)n1. The second-order valence-electron chi connectivity index (χ2n) is 11.2. The monoisotopic (exact) mass is 487 g/mol. The van der Waals surface area contributed by atoms with Crippen molar-refractivity contribution in [2.75, 3.05) is 37.3 Å². The molecule has 2 aromatic heterocycles. The van der Waals surface area contributed by atoms with Crippen LogP contribution < -0.4 is 16.0 Å². The second-order valence-corrected chi connectivity index (χ2v) is 11.2. The fourth-order valence-corrected chi connectivity index (χ4v) is 5.12. The van der Waals surface area contributed by atoms with Gasteiger partial charge in [-0.15, -0.1) is 0 Å². The first-order chi connectivity index (χ1) is 16.4. The first-order valence-electron chi connectivity index (χ1n) is 12.3. The average molecular weight is 488 g/mol. The molecule has 1 saturated heterocycles. The van der Waals surface area contributed by atoms with Crippen LogP contribution in [0.3, 0.4) is 0 Å². The van der Waals surface area contributed by atoms with Crippen LogP contribution in [0.15, 0.2) is 6.20 Å². The first kappa shape index (κ1) is 25.2. The van der Waals surface area contributed by atoms with E-state index in [4.69, 9.17) is 0 Å². The van der Waals surface area contributed by atoms with E-state index in [0.29, 0.717) is 43.2 Å². The molecule has 1 fully saturated rings. The normalized spacial score (nSPS) is 23.6. The third kappa shape index (κ3) is 4.91. The molecule has 0 bridgehead atoms. The van der Waals surface area contributed by atoms with E-state index in [0.717, 1.165) is 30.4 Å². The maximum atomic E-state index is 14.5. The molecule has 0 saturated carbocycles. The molecule has 35 heavy (non-hydrogen) atoms. The number of nitrogens with zero attached hydrogens (tertiary/aromatic N) is 5. The highest BCUT2D eigenvalue weighted by atomic mass is 19.1. The summed E-state index contributed by atoms with van der Waals surface area (Å²) >= 11 is 0. The molecule has 2 atom stereocenters. The molecule has 2 amide bonds. The van der Waals surface area contributed by atoms with Crippen molar-refractivity contribution in [1.82, 2.24) is 35.3 Å². The van der Waals surface area contributed by atoms with Crippen molar-refractivity contribution in [1.29, 1.82) is 0 Å². The third-order valence-corrected chi connectivity index (χ3v) is 7.28. The van der Waals surface area contributed by atoms with Crippen LogP contribution in [0.2, 0.25) is 0 Å². The summed E-state index contributed by atoms with van der Waals surface area (Å²) < 4.78 is 14.5. The third-order valence-electron chi connectivity index (χ3n) is 7.28. The molecule has 4 heterocycles. The lowest BCUT2D eigenvalue weighted by molar-refractivity contribution is 0.132.